The van der Waals surface area contributed by atoms with Crippen molar-refractivity contribution in [3.05, 3.63) is 70.8 Å². The van der Waals surface area contributed by atoms with Gasteiger partial charge >= 0.3 is 0 Å². The van der Waals surface area contributed by atoms with Crippen LogP contribution in [0.2, 0.25) is 0 Å². The number of aliphatic hydroxyl groups excluding tert-OH is 1. The second kappa shape index (κ2) is 11.1. The number of hydrogen-bond acceptors (Lipinski definition) is 5. The van der Waals surface area contributed by atoms with E-state index in [1.165, 1.54) is 0 Å². The van der Waals surface area contributed by atoms with Crippen LogP contribution in [0.4, 0.5) is 0 Å². The number of amides is 1. The van der Waals surface area contributed by atoms with E-state index < -0.39 is 17.7 Å². The molecule has 1 atom stereocenters. The zero-order valence-corrected chi connectivity index (χ0v) is 21.8. The summed E-state index contributed by atoms with van der Waals surface area (Å²) in [7, 11) is 3.95. The molecular weight excluding hydrogens is 440 g/mol. The fourth-order valence-corrected chi connectivity index (χ4v) is 4.26. The molecule has 1 aliphatic heterocycles. The van der Waals surface area contributed by atoms with Gasteiger partial charge in [-0.15, -0.1) is 0 Å². The van der Waals surface area contributed by atoms with Gasteiger partial charge in [-0.25, -0.2) is 0 Å². The highest BCUT2D eigenvalue weighted by molar-refractivity contribution is 6.46. The molecule has 6 heteroatoms. The fraction of sp³-hybridized carbons (Fsp3) is 0.448. The van der Waals surface area contributed by atoms with Crippen molar-refractivity contribution in [1.29, 1.82) is 0 Å². The van der Waals surface area contributed by atoms with Crippen LogP contribution in [0.25, 0.3) is 5.76 Å². The van der Waals surface area contributed by atoms with Crippen LogP contribution < -0.4 is 4.74 Å². The first-order valence-electron chi connectivity index (χ1n) is 12.3. The number of aliphatic hydroxyl groups is 1. The summed E-state index contributed by atoms with van der Waals surface area (Å²) < 4.78 is 5.63. The van der Waals surface area contributed by atoms with Crippen LogP contribution in [0.3, 0.4) is 0 Å². The standard InChI is InChI=1S/C29H38N2O4/c1-7-19-35-23-15-11-21(12-16-23)26(32)24-25(20-9-13-22(14-10-20)29(2,3)4)31(28(34)27(24)33)18-8-17-30(5)6/h9-16,25,32H,7-8,17-19H2,1-6H3/t25-/m0/s1. The number of carbonyl (C=O) groups excluding carboxylic acids is 2. The number of rotatable bonds is 9. The minimum absolute atomic E-state index is 0.0202. The van der Waals surface area contributed by atoms with Crippen molar-refractivity contribution in [3.8, 4) is 5.75 Å². The molecule has 1 fully saturated rings. The van der Waals surface area contributed by atoms with Crippen molar-refractivity contribution in [1.82, 2.24) is 9.80 Å². The Bertz CT molecular complexity index is 1060. The summed E-state index contributed by atoms with van der Waals surface area (Å²) in [5, 5.41) is 11.3. The van der Waals surface area contributed by atoms with E-state index in [4.69, 9.17) is 4.74 Å². The molecule has 1 heterocycles. The first-order chi connectivity index (χ1) is 16.5. The molecule has 188 valence electrons. The lowest BCUT2D eigenvalue weighted by molar-refractivity contribution is -0.139. The Balaban J connectivity index is 2.04. The molecular formula is C29H38N2O4. The monoisotopic (exact) mass is 478 g/mol. The third kappa shape index (κ3) is 6.12. The van der Waals surface area contributed by atoms with Crippen LogP contribution in [-0.2, 0) is 15.0 Å². The number of benzene rings is 2. The Hall–Kier alpha value is -3.12. The Morgan fingerprint density at radius 1 is 1.03 bits per heavy atom. The summed E-state index contributed by atoms with van der Waals surface area (Å²) in [4.78, 5) is 30.0. The average molecular weight is 479 g/mol. The normalized spacial score (nSPS) is 17.9. The van der Waals surface area contributed by atoms with Gasteiger partial charge in [0.1, 0.15) is 11.5 Å². The van der Waals surface area contributed by atoms with E-state index in [-0.39, 0.29) is 16.7 Å². The van der Waals surface area contributed by atoms with Crippen LogP contribution in [0.5, 0.6) is 5.75 Å². The molecule has 6 nitrogen and oxygen atoms in total. The summed E-state index contributed by atoms with van der Waals surface area (Å²) in [6.45, 7) is 10.3. The van der Waals surface area contributed by atoms with Crippen LogP contribution >= 0.6 is 0 Å². The largest absolute Gasteiger partial charge is 0.507 e. The van der Waals surface area contributed by atoms with Crippen molar-refractivity contribution in [2.24, 2.45) is 0 Å². The Morgan fingerprint density at radius 2 is 1.66 bits per heavy atom. The van der Waals surface area contributed by atoms with Crippen LogP contribution in [0.15, 0.2) is 54.1 Å². The zero-order valence-electron chi connectivity index (χ0n) is 21.8. The van der Waals surface area contributed by atoms with E-state index in [0.29, 0.717) is 24.5 Å². The number of carbonyl (C=O) groups is 2. The van der Waals surface area contributed by atoms with Crippen molar-refractivity contribution >= 4 is 17.4 Å². The minimum Gasteiger partial charge on any atom is -0.507 e. The SMILES string of the molecule is CCCOc1ccc(C(O)=C2C(=O)C(=O)N(CCCN(C)C)[C@H]2c2ccc(C(C)(C)C)cc2)cc1. The molecule has 0 radical (unpaired) electrons. The highest BCUT2D eigenvalue weighted by Crippen LogP contribution is 2.40. The number of likely N-dealkylation sites (tertiary alicyclic amines) is 1. The van der Waals surface area contributed by atoms with Crippen LogP contribution in [-0.4, -0.2) is 60.4 Å². The molecule has 3 rings (SSSR count). The summed E-state index contributed by atoms with van der Waals surface area (Å²) >= 11 is 0. The van der Waals surface area contributed by atoms with Gasteiger partial charge in [0.05, 0.1) is 18.2 Å². The van der Waals surface area contributed by atoms with E-state index in [9.17, 15) is 14.7 Å². The highest BCUT2D eigenvalue weighted by Gasteiger charge is 2.45. The predicted octanol–water partition coefficient (Wildman–Crippen LogP) is 5.15. The summed E-state index contributed by atoms with van der Waals surface area (Å²) in [5.74, 6) is -0.686. The quantitative estimate of drug-likeness (QED) is 0.307. The molecule has 0 spiro atoms. The van der Waals surface area contributed by atoms with Gasteiger partial charge in [-0.3, -0.25) is 9.59 Å². The van der Waals surface area contributed by atoms with Gasteiger partial charge < -0.3 is 19.6 Å². The molecule has 2 aromatic carbocycles. The summed E-state index contributed by atoms with van der Waals surface area (Å²) in [5.41, 5.74) is 2.57. The maximum absolute atomic E-state index is 13.2. The molecule has 0 aliphatic carbocycles. The van der Waals surface area contributed by atoms with Gasteiger partial charge in [0.2, 0.25) is 0 Å². The molecule has 1 aliphatic rings. The molecule has 1 N–H and O–H groups in total. The van der Waals surface area contributed by atoms with Crippen LogP contribution in [0, 0.1) is 0 Å². The molecule has 1 saturated heterocycles. The maximum atomic E-state index is 13.2. The third-order valence-corrected chi connectivity index (χ3v) is 6.24. The van der Waals surface area contributed by atoms with E-state index in [0.717, 1.165) is 30.5 Å². The van der Waals surface area contributed by atoms with Gasteiger partial charge in [-0.05, 0) is 74.3 Å². The number of hydrogen-bond donors (Lipinski definition) is 1. The van der Waals surface area contributed by atoms with Crippen molar-refractivity contribution < 1.29 is 19.4 Å². The number of ketones is 1. The lowest BCUT2D eigenvalue weighted by Crippen LogP contribution is -2.32. The number of ether oxygens (including phenoxy) is 1. The van der Waals surface area contributed by atoms with Gasteiger partial charge in [0, 0.05) is 12.1 Å². The smallest absolute Gasteiger partial charge is 0.295 e. The molecule has 0 aromatic heterocycles. The van der Waals surface area contributed by atoms with E-state index in [2.05, 4.69) is 20.8 Å². The highest BCUT2D eigenvalue weighted by atomic mass is 16.5. The average Bonchev–Trinajstić information content (AvgIpc) is 3.07. The predicted molar refractivity (Wildman–Crippen MR) is 140 cm³/mol. The topological polar surface area (TPSA) is 70.1 Å². The second-order valence-electron chi connectivity index (χ2n) is 10.4. The fourth-order valence-electron chi connectivity index (χ4n) is 4.26. The lowest BCUT2D eigenvalue weighted by Gasteiger charge is -2.27. The Labute approximate surface area is 209 Å². The molecule has 2 aromatic rings. The van der Waals surface area contributed by atoms with Gasteiger partial charge in [0.25, 0.3) is 11.7 Å². The summed E-state index contributed by atoms with van der Waals surface area (Å²) in [6, 6.07) is 14.3. The van der Waals surface area contributed by atoms with Crippen molar-refractivity contribution in [2.45, 2.75) is 52.0 Å². The minimum atomic E-state index is -0.649. The Morgan fingerprint density at radius 3 is 2.20 bits per heavy atom. The van der Waals surface area contributed by atoms with E-state index in [1.54, 1.807) is 29.2 Å². The first-order valence-corrected chi connectivity index (χ1v) is 12.3. The van der Waals surface area contributed by atoms with Crippen molar-refractivity contribution in [3.63, 3.8) is 0 Å². The lowest BCUT2D eigenvalue weighted by atomic mass is 9.85. The first kappa shape index (κ1) is 26.5. The molecule has 0 unspecified atom stereocenters. The van der Waals surface area contributed by atoms with Gasteiger partial charge in [-0.1, -0.05) is 52.0 Å². The van der Waals surface area contributed by atoms with E-state index in [1.807, 2.05) is 50.2 Å². The molecule has 0 bridgehead atoms. The van der Waals surface area contributed by atoms with Gasteiger partial charge in [0.15, 0.2) is 0 Å². The molecule has 1 amide bonds. The second-order valence-corrected chi connectivity index (χ2v) is 10.4. The number of Topliss-reactive ketones (excluding diaryl/α,β-unsaturated/α-hetero) is 1. The number of nitrogens with zero attached hydrogens (tertiary/aromatic N) is 2. The van der Waals surface area contributed by atoms with Gasteiger partial charge in [-0.2, -0.15) is 0 Å². The van der Waals surface area contributed by atoms with Crippen molar-refractivity contribution in [2.75, 3.05) is 33.8 Å². The summed E-state index contributed by atoms with van der Waals surface area (Å²) in [6.07, 6.45) is 1.62. The third-order valence-electron chi connectivity index (χ3n) is 6.24. The van der Waals surface area contributed by atoms with Crippen LogP contribution in [0.1, 0.15) is 63.3 Å². The molecule has 0 saturated carbocycles. The van der Waals surface area contributed by atoms with E-state index >= 15 is 0 Å². The zero-order chi connectivity index (χ0) is 25.8. The maximum Gasteiger partial charge on any atom is 0.295 e. The molecule has 35 heavy (non-hydrogen) atoms. The Kier molecular flexibility index (Phi) is 8.39.